The van der Waals surface area contributed by atoms with Crippen molar-refractivity contribution in [1.29, 1.82) is 0 Å². The van der Waals surface area contributed by atoms with Crippen LogP contribution in [0.15, 0.2) is 59.1 Å². The number of carbonyl (C=O) groups is 1. The van der Waals surface area contributed by atoms with Crippen LogP contribution in [0.3, 0.4) is 0 Å². The fourth-order valence-corrected chi connectivity index (χ4v) is 4.05. The second-order valence-corrected chi connectivity index (χ2v) is 8.30. The fourth-order valence-electron chi connectivity index (χ4n) is 3.78. The molecule has 2 nitrogen and oxygen atoms in total. The lowest BCUT2D eigenvalue weighted by Crippen LogP contribution is -2.07. The Morgan fingerprint density at radius 3 is 2.00 bits per heavy atom. The van der Waals surface area contributed by atoms with Gasteiger partial charge in [-0.05, 0) is 46.1 Å². The van der Waals surface area contributed by atoms with E-state index in [1.165, 1.54) is 29.4 Å². The van der Waals surface area contributed by atoms with Crippen LogP contribution in [0.1, 0.15) is 25.0 Å². The van der Waals surface area contributed by atoms with Crippen molar-refractivity contribution in [3.63, 3.8) is 0 Å². The molecule has 136 valence electrons. The van der Waals surface area contributed by atoms with Gasteiger partial charge in [0.15, 0.2) is 0 Å². The topological polar surface area (TPSA) is 26.3 Å². The van der Waals surface area contributed by atoms with Gasteiger partial charge in [0.05, 0.1) is 13.0 Å². The molecule has 0 bridgehead atoms. The quantitative estimate of drug-likeness (QED) is 0.502. The van der Waals surface area contributed by atoms with Gasteiger partial charge in [-0.25, -0.2) is 0 Å². The molecule has 4 rings (SSSR count). The number of rotatable bonds is 2. The van der Waals surface area contributed by atoms with Crippen LogP contribution in [-0.4, -0.2) is 13.1 Å². The number of hydrogen-bond acceptors (Lipinski definition) is 2. The van der Waals surface area contributed by atoms with Gasteiger partial charge in [-0.15, -0.1) is 0 Å². The first-order chi connectivity index (χ1) is 12.4. The summed E-state index contributed by atoms with van der Waals surface area (Å²) in [6.45, 7) is 3.99. The van der Waals surface area contributed by atoms with Crippen LogP contribution >= 0.6 is 23.2 Å². The predicted octanol–water partition coefficient (Wildman–Crippen LogP) is 6.01. The first kappa shape index (κ1) is 19.0. The van der Waals surface area contributed by atoms with Crippen molar-refractivity contribution >= 4 is 29.2 Å². The van der Waals surface area contributed by atoms with Crippen LogP contribution in [0.25, 0.3) is 11.1 Å². The molecule has 1 fully saturated rings. The highest BCUT2D eigenvalue weighted by Crippen LogP contribution is 2.60. The zero-order chi connectivity index (χ0) is 18.9. The van der Waals surface area contributed by atoms with Crippen molar-refractivity contribution in [3.8, 4) is 11.1 Å². The number of benzene rings is 2. The summed E-state index contributed by atoms with van der Waals surface area (Å²) >= 11 is 11.1. The van der Waals surface area contributed by atoms with Crippen molar-refractivity contribution < 1.29 is 9.53 Å². The molecule has 2 aliphatic rings. The molecule has 2 aromatic carbocycles. The minimum atomic E-state index is -0.194. The molecule has 0 spiro atoms. The number of carbonyl (C=O) groups excluding carboxylic acids is 1. The van der Waals surface area contributed by atoms with Crippen LogP contribution in [0.4, 0.5) is 0 Å². The summed E-state index contributed by atoms with van der Waals surface area (Å²) in [5.74, 6) is -0.198. The Balaban J connectivity index is 0.000000151. The van der Waals surface area contributed by atoms with Crippen molar-refractivity contribution in [2.75, 3.05) is 7.11 Å². The van der Waals surface area contributed by atoms with E-state index in [2.05, 4.69) is 53.3 Å². The van der Waals surface area contributed by atoms with Gasteiger partial charge in [-0.1, -0.05) is 85.6 Å². The Kier molecular flexibility index (Phi) is 5.45. The van der Waals surface area contributed by atoms with E-state index in [0.29, 0.717) is 0 Å². The van der Waals surface area contributed by atoms with E-state index in [0.717, 1.165) is 6.42 Å². The normalized spacial score (nSPS) is 20.8. The second-order valence-electron chi connectivity index (χ2n) is 7.30. The largest absolute Gasteiger partial charge is 0.469 e. The molecule has 0 N–H and O–H groups in total. The highest BCUT2D eigenvalue weighted by atomic mass is 35.5. The molecule has 26 heavy (non-hydrogen) atoms. The average Bonchev–Trinajstić information content (AvgIpc) is 2.99. The number of allylic oxidation sites excluding steroid dienone is 1. The number of ether oxygens (including phenoxy) is 1. The maximum atomic E-state index is 11.2. The summed E-state index contributed by atoms with van der Waals surface area (Å²) in [5, 5.41) is 0. The van der Waals surface area contributed by atoms with E-state index < -0.39 is 0 Å². The van der Waals surface area contributed by atoms with Crippen molar-refractivity contribution in [1.82, 2.24) is 0 Å². The van der Waals surface area contributed by atoms with Crippen molar-refractivity contribution in [2.24, 2.45) is 17.3 Å². The molecule has 2 atom stereocenters. The Morgan fingerprint density at radius 1 is 1.04 bits per heavy atom. The molecule has 0 saturated heterocycles. The monoisotopic (exact) mass is 388 g/mol. The van der Waals surface area contributed by atoms with Crippen LogP contribution in [0, 0.1) is 17.3 Å². The third-order valence-electron chi connectivity index (χ3n) is 5.38. The summed E-state index contributed by atoms with van der Waals surface area (Å²) in [4.78, 5) is 11.2. The molecule has 0 aromatic heterocycles. The molecule has 0 heterocycles. The number of halogens is 2. The van der Waals surface area contributed by atoms with E-state index in [4.69, 9.17) is 23.2 Å². The maximum Gasteiger partial charge on any atom is 0.309 e. The zero-order valence-electron chi connectivity index (χ0n) is 15.1. The van der Waals surface area contributed by atoms with Gasteiger partial charge in [-0.2, -0.15) is 0 Å². The molecule has 0 amide bonds. The number of hydrogen-bond donors (Lipinski definition) is 0. The van der Waals surface area contributed by atoms with Crippen LogP contribution in [-0.2, 0) is 16.0 Å². The summed E-state index contributed by atoms with van der Waals surface area (Å²) in [6.07, 6.45) is 2.80. The lowest BCUT2D eigenvalue weighted by molar-refractivity contribution is -0.143. The van der Waals surface area contributed by atoms with Gasteiger partial charge < -0.3 is 4.74 Å². The van der Waals surface area contributed by atoms with Crippen LogP contribution in [0.5, 0.6) is 0 Å². The number of fused-ring (bicyclic) bond motifs is 3. The predicted molar refractivity (Wildman–Crippen MR) is 107 cm³/mol. The highest BCUT2D eigenvalue weighted by molar-refractivity contribution is 6.55. The Morgan fingerprint density at radius 2 is 1.54 bits per heavy atom. The van der Waals surface area contributed by atoms with Gasteiger partial charge >= 0.3 is 5.97 Å². The number of esters is 1. The highest BCUT2D eigenvalue weighted by Gasteiger charge is 2.61. The molecule has 2 aromatic rings. The van der Waals surface area contributed by atoms with Gasteiger partial charge in [0, 0.05) is 0 Å². The van der Waals surface area contributed by atoms with E-state index >= 15 is 0 Å². The molecular formula is C22H22Cl2O2. The summed E-state index contributed by atoms with van der Waals surface area (Å²) in [5.41, 5.74) is 5.67. The third-order valence-corrected chi connectivity index (χ3v) is 5.63. The second kappa shape index (κ2) is 7.46. The molecule has 0 aliphatic heterocycles. The third kappa shape index (κ3) is 3.67. The van der Waals surface area contributed by atoms with E-state index in [1.807, 2.05) is 13.8 Å². The standard InChI is InChI=1S/C13H10.C9H12Cl2O2/c1-3-7-12-10(5-1)9-11-6-2-4-8-13(11)12;1-9(2)5(4-6(10)11)7(9)8(12)13-3/h1-8H,9H2;4-5,7H,1-3H3/t;5-,7-/m.1/s1. The van der Waals surface area contributed by atoms with Gasteiger partial charge in [0.2, 0.25) is 0 Å². The minimum Gasteiger partial charge on any atom is -0.469 e. The maximum absolute atomic E-state index is 11.2. The molecule has 0 radical (unpaired) electrons. The van der Waals surface area contributed by atoms with Crippen LogP contribution < -0.4 is 0 Å². The van der Waals surface area contributed by atoms with E-state index in [1.54, 1.807) is 6.08 Å². The summed E-state index contributed by atoms with van der Waals surface area (Å²) in [7, 11) is 1.39. The van der Waals surface area contributed by atoms with Crippen molar-refractivity contribution in [3.05, 3.63) is 70.2 Å². The van der Waals surface area contributed by atoms with Crippen molar-refractivity contribution in [2.45, 2.75) is 20.3 Å². The Hall–Kier alpha value is -1.77. The Bertz CT molecular complexity index is 807. The SMILES string of the molecule is COC(=O)[C@H]1[C@@H](C=C(Cl)Cl)C1(C)C.c1ccc2c(c1)Cc1ccccc1-2. The Labute approximate surface area is 164 Å². The first-order valence-corrected chi connectivity index (χ1v) is 9.38. The molecule has 2 aliphatic carbocycles. The number of methoxy groups -OCH3 is 1. The van der Waals surface area contributed by atoms with Gasteiger partial charge in [0.1, 0.15) is 4.49 Å². The lowest BCUT2D eigenvalue weighted by Gasteiger charge is -1.98. The first-order valence-electron chi connectivity index (χ1n) is 8.63. The average molecular weight is 389 g/mol. The molecule has 1 saturated carbocycles. The summed E-state index contributed by atoms with van der Waals surface area (Å²) < 4.78 is 4.88. The summed E-state index contributed by atoms with van der Waals surface area (Å²) in [6, 6.07) is 17.3. The lowest BCUT2D eigenvalue weighted by atomic mass is 10.1. The molecule has 4 heteroatoms. The van der Waals surface area contributed by atoms with Crippen LogP contribution in [0.2, 0.25) is 0 Å². The smallest absolute Gasteiger partial charge is 0.309 e. The fraction of sp³-hybridized carbons (Fsp3) is 0.318. The van der Waals surface area contributed by atoms with E-state index in [-0.39, 0.29) is 27.7 Å². The van der Waals surface area contributed by atoms with Gasteiger partial charge in [0.25, 0.3) is 0 Å². The van der Waals surface area contributed by atoms with E-state index in [9.17, 15) is 4.79 Å². The molecule has 0 unspecified atom stereocenters. The zero-order valence-corrected chi connectivity index (χ0v) is 16.6. The minimum absolute atomic E-state index is 0.0812. The molecular weight excluding hydrogens is 367 g/mol. The van der Waals surface area contributed by atoms with Gasteiger partial charge in [-0.3, -0.25) is 4.79 Å².